The normalized spacial score (nSPS) is 15.2. The minimum absolute atomic E-state index is 0.192. The van der Waals surface area contributed by atoms with E-state index in [-0.39, 0.29) is 5.91 Å². The van der Waals surface area contributed by atoms with Crippen LogP contribution in [-0.4, -0.2) is 66.1 Å². The molecule has 1 aromatic carbocycles. The van der Waals surface area contributed by atoms with Gasteiger partial charge in [0.2, 0.25) is 5.89 Å². The maximum absolute atomic E-state index is 12.4. The van der Waals surface area contributed by atoms with Crippen molar-refractivity contribution in [1.29, 1.82) is 0 Å². The number of hydrogen-bond donors (Lipinski definition) is 1. The molecular formula is C22H32N4O3. The summed E-state index contributed by atoms with van der Waals surface area (Å²) >= 11 is 0. The zero-order valence-electron chi connectivity index (χ0n) is 17.7. The molecule has 0 spiro atoms. The van der Waals surface area contributed by atoms with Crippen LogP contribution in [-0.2, 0) is 17.8 Å². The molecule has 0 saturated carbocycles. The van der Waals surface area contributed by atoms with Crippen LogP contribution in [0.2, 0.25) is 0 Å². The van der Waals surface area contributed by atoms with Gasteiger partial charge in [-0.3, -0.25) is 14.6 Å². The van der Waals surface area contributed by atoms with Gasteiger partial charge in [0.25, 0.3) is 5.91 Å². The van der Waals surface area contributed by atoms with E-state index in [1.807, 2.05) is 0 Å². The van der Waals surface area contributed by atoms with Crippen LogP contribution in [0.15, 0.2) is 34.9 Å². The number of aromatic nitrogens is 1. The predicted molar refractivity (Wildman–Crippen MR) is 112 cm³/mol. The van der Waals surface area contributed by atoms with Gasteiger partial charge in [-0.15, -0.1) is 0 Å². The van der Waals surface area contributed by atoms with Crippen LogP contribution in [0.4, 0.5) is 0 Å². The van der Waals surface area contributed by atoms with E-state index in [2.05, 4.69) is 65.1 Å². The zero-order chi connectivity index (χ0) is 20.6. The number of rotatable bonds is 9. The monoisotopic (exact) mass is 400 g/mol. The van der Waals surface area contributed by atoms with E-state index < -0.39 is 0 Å². The molecule has 2 heterocycles. The molecule has 1 amide bonds. The van der Waals surface area contributed by atoms with E-state index in [1.54, 1.807) is 0 Å². The molecule has 0 unspecified atom stereocenters. The fourth-order valence-electron chi connectivity index (χ4n) is 3.37. The van der Waals surface area contributed by atoms with Crippen LogP contribution in [0.25, 0.3) is 0 Å². The summed E-state index contributed by atoms with van der Waals surface area (Å²) in [6.07, 6.45) is 1.45. The van der Waals surface area contributed by atoms with Crippen LogP contribution in [0.1, 0.15) is 41.4 Å². The molecule has 1 aliphatic heterocycles. The van der Waals surface area contributed by atoms with Gasteiger partial charge in [0.1, 0.15) is 6.26 Å². The fourth-order valence-corrected chi connectivity index (χ4v) is 3.37. The van der Waals surface area contributed by atoms with Gasteiger partial charge in [-0.05, 0) is 26.3 Å². The van der Waals surface area contributed by atoms with Crippen molar-refractivity contribution in [2.24, 2.45) is 0 Å². The molecule has 29 heavy (non-hydrogen) atoms. The minimum Gasteiger partial charge on any atom is -0.447 e. The highest BCUT2D eigenvalue weighted by molar-refractivity contribution is 5.91. The number of carbonyl (C=O) groups is 1. The summed E-state index contributed by atoms with van der Waals surface area (Å²) in [6.45, 7) is 12.5. The van der Waals surface area contributed by atoms with Crippen LogP contribution in [0.5, 0.6) is 0 Å². The highest BCUT2D eigenvalue weighted by atomic mass is 16.5. The highest BCUT2D eigenvalue weighted by Gasteiger charge is 2.17. The molecule has 2 aromatic rings. The number of carbonyl (C=O) groups excluding carboxylic acids is 1. The Hall–Kier alpha value is -2.22. The first-order valence-corrected chi connectivity index (χ1v) is 10.3. The molecular weight excluding hydrogens is 368 g/mol. The van der Waals surface area contributed by atoms with E-state index in [0.717, 1.165) is 39.4 Å². The summed E-state index contributed by atoms with van der Waals surface area (Å²) in [5.41, 5.74) is 2.84. The molecule has 3 rings (SSSR count). The lowest BCUT2D eigenvalue weighted by molar-refractivity contribution is 0.0383. The van der Waals surface area contributed by atoms with Crippen LogP contribution < -0.4 is 5.32 Å². The van der Waals surface area contributed by atoms with Crippen LogP contribution in [0, 0.1) is 6.92 Å². The van der Waals surface area contributed by atoms with Crippen molar-refractivity contribution < 1.29 is 13.9 Å². The molecule has 0 aliphatic carbocycles. The first-order chi connectivity index (χ1) is 14.0. The Bertz CT molecular complexity index is 784. The number of ether oxygens (including phenoxy) is 1. The Kier molecular flexibility index (Phi) is 7.80. The summed E-state index contributed by atoms with van der Waals surface area (Å²) in [4.78, 5) is 21.3. The standard InChI is InChI=1S/C22H32N4O3/c1-17(2)26(14-19-6-4-5-18(3)13-19)15-21-24-20(16-29-21)22(27)23-7-8-25-9-11-28-12-10-25/h4-6,13,16-17H,7-12,14-15H2,1-3H3,(H,23,27). The molecule has 1 aromatic heterocycles. The van der Waals surface area contributed by atoms with Gasteiger partial charge < -0.3 is 14.5 Å². The number of hydrogen-bond acceptors (Lipinski definition) is 6. The van der Waals surface area contributed by atoms with Gasteiger partial charge in [-0.25, -0.2) is 4.98 Å². The summed E-state index contributed by atoms with van der Waals surface area (Å²) in [5, 5.41) is 2.92. The highest BCUT2D eigenvalue weighted by Crippen LogP contribution is 2.14. The molecule has 7 heteroatoms. The Morgan fingerprint density at radius 1 is 1.28 bits per heavy atom. The van der Waals surface area contributed by atoms with Gasteiger partial charge in [0, 0.05) is 38.8 Å². The summed E-state index contributed by atoms with van der Waals surface area (Å²) in [6, 6.07) is 8.83. The first kappa shape index (κ1) is 21.5. The Morgan fingerprint density at radius 2 is 2.07 bits per heavy atom. The van der Waals surface area contributed by atoms with Gasteiger partial charge in [-0.1, -0.05) is 29.8 Å². The zero-order valence-corrected chi connectivity index (χ0v) is 17.7. The van der Waals surface area contributed by atoms with E-state index >= 15 is 0 Å². The van der Waals surface area contributed by atoms with Crippen molar-refractivity contribution in [1.82, 2.24) is 20.1 Å². The lowest BCUT2D eigenvalue weighted by Gasteiger charge is -2.26. The second-order valence-corrected chi connectivity index (χ2v) is 7.82. The van der Waals surface area contributed by atoms with Crippen molar-refractivity contribution >= 4 is 5.91 Å². The third kappa shape index (κ3) is 6.66. The second kappa shape index (κ2) is 10.5. The average molecular weight is 401 g/mol. The molecule has 158 valence electrons. The largest absolute Gasteiger partial charge is 0.447 e. The molecule has 0 radical (unpaired) electrons. The van der Waals surface area contributed by atoms with Gasteiger partial charge >= 0.3 is 0 Å². The maximum atomic E-state index is 12.4. The smallest absolute Gasteiger partial charge is 0.273 e. The number of nitrogens with zero attached hydrogens (tertiary/aromatic N) is 3. The van der Waals surface area contributed by atoms with Crippen LogP contribution in [0.3, 0.4) is 0 Å². The number of benzene rings is 1. The predicted octanol–water partition coefficient (Wildman–Crippen LogP) is 2.46. The second-order valence-electron chi connectivity index (χ2n) is 7.82. The SMILES string of the molecule is Cc1cccc(CN(Cc2nc(C(=O)NCCN3CCOCC3)co2)C(C)C)c1. The number of aryl methyl sites for hydroxylation is 1. The van der Waals surface area contributed by atoms with E-state index in [0.29, 0.717) is 30.7 Å². The minimum atomic E-state index is -0.192. The molecule has 1 fully saturated rings. The lowest BCUT2D eigenvalue weighted by Crippen LogP contribution is -2.41. The van der Waals surface area contributed by atoms with Gasteiger partial charge in [-0.2, -0.15) is 0 Å². The van der Waals surface area contributed by atoms with Crippen molar-refractivity contribution in [3.8, 4) is 0 Å². The third-order valence-corrected chi connectivity index (χ3v) is 5.14. The molecule has 1 aliphatic rings. The lowest BCUT2D eigenvalue weighted by atomic mass is 10.1. The Balaban J connectivity index is 1.51. The summed E-state index contributed by atoms with van der Waals surface area (Å²) in [7, 11) is 0. The molecule has 0 bridgehead atoms. The van der Waals surface area contributed by atoms with Crippen molar-refractivity contribution in [3.05, 3.63) is 53.2 Å². The van der Waals surface area contributed by atoms with E-state index in [1.165, 1.54) is 17.4 Å². The topological polar surface area (TPSA) is 70.8 Å². The van der Waals surface area contributed by atoms with E-state index in [9.17, 15) is 4.79 Å². The van der Waals surface area contributed by atoms with E-state index in [4.69, 9.17) is 9.15 Å². The van der Waals surface area contributed by atoms with Gasteiger partial charge in [0.05, 0.1) is 19.8 Å². The summed E-state index contributed by atoms with van der Waals surface area (Å²) < 4.78 is 10.9. The third-order valence-electron chi connectivity index (χ3n) is 5.14. The van der Waals surface area contributed by atoms with Crippen LogP contribution >= 0.6 is 0 Å². The Labute approximate surface area is 173 Å². The quantitative estimate of drug-likeness (QED) is 0.697. The molecule has 0 atom stereocenters. The molecule has 7 nitrogen and oxygen atoms in total. The van der Waals surface area contributed by atoms with Crippen molar-refractivity contribution in [3.63, 3.8) is 0 Å². The van der Waals surface area contributed by atoms with Crippen molar-refractivity contribution in [2.45, 2.75) is 39.9 Å². The summed E-state index contributed by atoms with van der Waals surface area (Å²) in [5.74, 6) is 0.368. The number of amides is 1. The fraction of sp³-hybridized carbons (Fsp3) is 0.545. The Morgan fingerprint density at radius 3 is 2.79 bits per heavy atom. The molecule has 1 saturated heterocycles. The number of oxazole rings is 1. The average Bonchev–Trinajstić information content (AvgIpc) is 3.17. The number of nitrogens with one attached hydrogen (secondary N) is 1. The first-order valence-electron chi connectivity index (χ1n) is 10.3. The van der Waals surface area contributed by atoms with Crippen molar-refractivity contribution in [2.75, 3.05) is 39.4 Å². The molecule has 1 N–H and O–H groups in total. The van der Waals surface area contributed by atoms with Gasteiger partial charge in [0.15, 0.2) is 5.69 Å². The number of morpholine rings is 1. The maximum Gasteiger partial charge on any atom is 0.273 e.